The molecule has 0 unspecified atom stereocenters. The van der Waals surface area contributed by atoms with E-state index < -0.39 is 6.04 Å². The molecule has 8 heteroatoms. The molecule has 0 radical (unpaired) electrons. The van der Waals surface area contributed by atoms with Gasteiger partial charge in [-0.2, -0.15) is 0 Å². The van der Waals surface area contributed by atoms with Crippen LogP contribution in [-0.4, -0.2) is 67.4 Å². The van der Waals surface area contributed by atoms with E-state index in [2.05, 4.69) is 5.32 Å². The summed E-state index contributed by atoms with van der Waals surface area (Å²) in [6, 6.07) is 10.1. The Hall–Kier alpha value is -3.55. The highest BCUT2D eigenvalue weighted by Crippen LogP contribution is 2.36. The second-order valence-corrected chi connectivity index (χ2v) is 9.91. The molecule has 2 heterocycles. The van der Waals surface area contributed by atoms with Gasteiger partial charge >= 0.3 is 0 Å². The van der Waals surface area contributed by atoms with E-state index in [0.717, 1.165) is 11.1 Å². The summed E-state index contributed by atoms with van der Waals surface area (Å²) in [5, 5.41) is 2.89. The average molecular weight is 466 g/mol. The van der Waals surface area contributed by atoms with Gasteiger partial charge in [-0.05, 0) is 35.2 Å². The Balaban J connectivity index is 1.63. The highest BCUT2D eigenvalue weighted by molar-refractivity contribution is 6.11. The summed E-state index contributed by atoms with van der Waals surface area (Å²) in [4.78, 5) is 42.6. The standard InChI is InChI=1S/C26H31N3O5/c1-26(2,3)14-23(30)28-10-11-29-21(15-28)24(31)27-20-9-6-16(12-19(20)25(29)32)18-8-7-17(33-4)13-22(18)34-5/h6-9,12-13,21H,10-11,14-15H2,1-5H3,(H,27,31)/t21-/m1/s1. The topological polar surface area (TPSA) is 88.2 Å². The van der Waals surface area contributed by atoms with Crippen molar-refractivity contribution in [1.29, 1.82) is 0 Å². The minimum atomic E-state index is -0.725. The van der Waals surface area contributed by atoms with Gasteiger partial charge in [-0.1, -0.05) is 26.8 Å². The average Bonchev–Trinajstić information content (AvgIpc) is 2.91. The van der Waals surface area contributed by atoms with Gasteiger partial charge in [-0.3, -0.25) is 14.4 Å². The van der Waals surface area contributed by atoms with Crippen LogP contribution in [0.5, 0.6) is 11.5 Å². The van der Waals surface area contributed by atoms with Gasteiger partial charge in [-0.15, -0.1) is 0 Å². The zero-order valence-electron chi connectivity index (χ0n) is 20.3. The lowest BCUT2D eigenvalue weighted by atomic mass is 9.91. The van der Waals surface area contributed by atoms with Gasteiger partial charge in [-0.25, -0.2) is 0 Å². The number of hydrogen-bond donors (Lipinski definition) is 1. The van der Waals surface area contributed by atoms with Gasteiger partial charge in [0.1, 0.15) is 17.5 Å². The SMILES string of the molecule is COc1ccc(-c2ccc3c(c2)C(=O)N2CCN(C(=O)CC(C)(C)C)C[C@@H]2C(=O)N3)c(OC)c1. The fourth-order valence-corrected chi connectivity index (χ4v) is 4.45. The number of carbonyl (C=O) groups excluding carboxylic acids is 3. The molecule has 0 aliphatic carbocycles. The number of fused-ring (bicyclic) bond motifs is 2. The van der Waals surface area contributed by atoms with Gasteiger partial charge in [0.15, 0.2) is 0 Å². The van der Waals surface area contributed by atoms with Crippen molar-refractivity contribution in [2.75, 3.05) is 39.2 Å². The van der Waals surface area contributed by atoms with Crippen LogP contribution < -0.4 is 14.8 Å². The number of rotatable bonds is 4. The second kappa shape index (κ2) is 9.00. The van der Waals surface area contributed by atoms with E-state index in [1.54, 1.807) is 42.2 Å². The van der Waals surface area contributed by atoms with E-state index in [0.29, 0.717) is 42.3 Å². The summed E-state index contributed by atoms with van der Waals surface area (Å²) in [5.74, 6) is 0.780. The van der Waals surface area contributed by atoms with Gasteiger partial charge in [0.2, 0.25) is 11.8 Å². The zero-order chi connectivity index (χ0) is 24.6. The quantitative estimate of drug-likeness (QED) is 0.748. The third-order valence-electron chi connectivity index (χ3n) is 6.21. The number of ether oxygens (including phenoxy) is 2. The van der Waals surface area contributed by atoms with Gasteiger partial charge < -0.3 is 24.6 Å². The Morgan fingerprint density at radius 2 is 1.79 bits per heavy atom. The molecule has 180 valence electrons. The van der Waals surface area contributed by atoms with Gasteiger partial charge in [0.25, 0.3) is 5.91 Å². The van der Waals surface area contributed by atoms with Crippen molar-refractivity contribution < 1.29 is 23.9 Å². The molecule has 34 heavy (non-hydrogen) atoms. The first-order valence-corrected chi connectivity index (χ1v) is 11.4. The van der Waals surface area contributed by atoms with E-state index in [1.165, 1.54) is 0 Å². The minimum Gasteiger partial charge on any atom is -0.497 e. The number of hydrogen-bond acceptors (Lipinski definition) is 5. The normalized spacial score (nSPS) is 18.0. The Bertz CT molecular complexity index is 1140. The molecule has 1 saturated heterocycles. The van der Waals surface area contributed by atoms with E-state index in [-0.39, 0.29) is 29.7 Å². The lowest BCUT2D eigenvalue weighted by Crippen LogP contribution is -2.59. The Morgan fingerprint density at radius 3 is 2.47 bits per heavy atom. The summed E-state index contributed by atoms with van der Waals surface area (Å²) in [7, 11) is 3.17. The Labute approximate surface area is 199 Å². The first-order chi connectivity index (χ1) is 16.1. The van der Waals surface area contributed by atoms with Crippen molar-refractivity contribution >= 4 is 23.4 Å². The van der Waals surface area contributed by atoms with Crippen molar-refractivity contribution in [3.63, 3.8) is 0 Å². The Kier molecular flexibility index (Phi) is 6.25. The van der Waals surface area contributed by atoms with E-state index in [4.69, 9.17) is 9.47 Å². The van der Waals surface area contributed by atoms with Crippen molar-refractivity contribution in [3.8, 4) is 22.6 Å². The second-order valence-electron chi connectivity index (χ2n) is 9.91. The molecule has 8 nitrogen and oxygen atoms in total. The summed E-state index contributed by atoms with van der Waals surface area (Å²) < 4.78 is 10.8. The highest BCUT2D eigenvalue weighted by Gasteiger charge is 2.40. The molecular formula is C26H31N3O5. The number of anilines is 1. The predicted molar refractivity (Wildman–Crippen MR) is 129 cm³/mol. The molecule has 2 aromatic carbocycles. The molecule has 4 rings (SSSR count). The fraction of sp³-hybridized carbons (Fsp3) is 0.423. The van der Waals surface area contributed by atoms with Crippen molar-refractivity contribution in [2.45, 2.75) is 33.2 Å². The molecule has 0 spiro atoms. The van der Waals surface area contributed by atoms with E-state index in [9.17, 15) is 14.4 Å². The van der Waals surface area contributed by atoms with Crippen LogP contribution in [-0.2, 0) is 9.59 Å². The molecule has 2 aromatic rings. The molecule has 3 amide bonds. The molecular weight excluding hydrogens is 434 g/mol. The molecule has 1 atom stereocenters. The minimum absolute atomic E-state index is 0.00282. The number of amides is 3. The Morgan fingerprint density at radius 1 is 1.03 bits per heavy atom. The number of benzene rings is 2. The van der Waals surface area contributed by atoms with Crippen LogP contribution in [0.15, 0.2) is 36.4 Å². The van der Waals surface area contributed by atoms with Crippen LogP contribution >= 0.6 is 0 Å². The van der Waals surface area contributed by atoms with Crippen LogP contribution in [0, 0.1) is 5.41 Å². The molecule has 1 N–H and O–H groups in total. The number of carbonyl (C=O) groups is 3. The first kappa shape index (κ1) is 23.6. The lowest BCUT2D eigenvalue weighted by Gasteiger charge is -2.40. The third-order valence-corrected chi connectivity index (χ3v) is 6.21. The first-order valence-electron chi connectivity index (χ1n) is 11.4. The lowest BCUT2D eigenvalue weighted by molar-refractivity contribution is -0.137. The van der Waals surface area contributed by atoms with E-state index in [1.807, 2.05) is 39.0 Å². The fourth-order valence-electron chi connectivity index (χ4n) is 4.45. The number of piperazine rings is 1. The third kappa shape index (κ3) is 4.58. The maximum absolute atomic E-state index is 13.5. The zero-order valence-corrected chi connectivity index (χ0v) is 20.3. The summed E-state index contributed by atoms with van der Waals surface area (Å²) in [6.45, 7) is 6.94. The van der Waals surface area contributed by atoms with Crippen molar-refractivity contribution in [1.82, 2.24) is 9.80 Å². The predicted octanol–water partition coefficient (Wildman–Crippen LogP) is 3.41. The van der Waals surface area contributed by atoms with Crippen LogP contribution in [0.25, 0.3) is 11.1 Å². The highest BCUT2D eigenvalue weighted by atomic mass is 16.5. The van der Waals surface area contributed by atoms with Crippen LogP contribution in [0.1, 0.15) is 37.6 Å². The maximum Gasteiger partial charge on any atom is 0.256 e. The van der Waals surface area contributed by atoms with E-state index >= 15 is 0 Å². The van der Waals surface area contributed by atoms with Gasteiger partial charge in [0.05, 0.1) is 32.0 Å². The number of nitrogens with zero attached hydrogens (tertiary/aromatic N) is 2. The van der Waals surface area contributed by atoms with Crippen molar-refractivity contribution in [3.05, 3.63) is 42.0 Å². The van der Waals surface area contributed by atoms with Crippen molar-refractivity contribution in [2.24, 2.45) is 5.41 Å². The molecule has 1 fully saturated rings. The molecule has 0 saturated carbocycles. The largest absolute Gasteiger partial charge is 0.497 e. The molecule has 0 bridgehead atoms. The summed E-state index contributed by atoms with van der Waals surface area (Å²) in [6.07, 6.45) is 0.391. The summed E-state index contributed by atoms with van der Waals surface area (Å²) in [5.41, 5.74) is 2.33. The smallest absolute Gasteiger partial charge is 0.256 e. The van der Waals surface area contributed by atoms with Crippen LogP contribution in [0.2, 0.25) is 0 Å². The summed E-state index contributed by atoms with van der Waals surface area (Å²) >= 11 is 0. The monoisotopic (exact) mass is 465 g/mol. The number of nitrogens with one attached hydrogen (secondary N) is 1. The molecule has 0 aromatic heterocycles. The number of methoxy groups -OCH3 is 2. The molecule has 2 aliphatic rings. The van der Waals surface area contributed by atoms with Crippen LogP contribution in [0.3, 0.4) is 0 Å². The van der Waals surface area contributed by atoms with Crippen LogP contribution in [0.4, 0.5) is 5.69 Å². The molecule has 2 aliphatic heterocycles. The maximum atomic E-state index is 13.5. The van der Waals surface area contributed by atoms with Gasteiger partial charge in [0, 0.05) is 31.1 Å².